The van der Waals surface area contributed by atoms with Gasteiger partial charge in [-0.15, -0.1) is 0 Å². The van der Waals surface area contributed by atoms with Crippen LogP contribution in [0, 0.1) is 5.92 Å². The second-order valence-corrected chi connectivity index (χ2v) is 10.6. The highest BCUT2D eigenvalue weighted by molar-refractivity contribution is 6.00. The smallest absolute Gasteiger partial charge is 0.335 e. The maximum absolute atomic E-state index is 13.2. The largest absolute Gasteiger partial charge is 0.493 e. The Morgan fingerprint density at radius 1 is 0.857 bits per heavy atom. The van der Waals surface area contributed by atoms with Crippen LogP contribution >= 0.6 is 0 Å². The molecule has 1 heterocycles. The van der Waals surface area contributed by atoms with Gasteiger partial charge in [-0.2, -0.15) is 0 Å². The van der Waals surface area contributed by atoms with Crippen LogP contribution in [0.2, 0.25) is 0 Å². The lowest BCUT2D eigenvalue weighted by atomic mass is 9.96. The summed E-state index contributed by atoms with van der Waals surface area (Å²) in [5.74, 6) is -0.906. The lowest BCUT2D eigenvalue weighted by Gasteiger charge is -2.30. The second-order valence-electron chi connectivity index (χ2n) is 10.6. The van der Waals surface area contributed by atoms with Gasteiger partial charge in [0.25, 0.3) is 5.91 Å². The van der Waals surface area contributed by atoms with Crippen LogP contribution in [0.25, 0.3) is 0 Å². The number of carboxylic acids is 2. The molecule has 3 aromatic carbocycles. The van der Waals surface area contributed by atoms with Gasteiger partial charge in [-0.05, 0) is 93.1 Å². The van der Waals surface area contributed by atoms with Crippen molar-refractivity contribution < 1.29 is 38.8 Å². The summed E-state index contributed by atoms with van der Waals surface area (Å²) in [6.45, 7) is 5.37. The third-order valence-electron chi connectivity index (χ3n) is 7.08. The van der Waals surface area contributed by atoms with Crippen LogP contribution in [0.15, 0.2) is 66.7 Å². The van der Waals surface area contributed by atoms with Crippen molar-refractivity contribution in [3.63, 3.8) is 0 Å². The summed E-state index contributed by atoms with van der Waals surface area (Å²) in [4.78, 5) is 37.6. The predicted octanol–water partition coefficient (Wildman–Crippen LogP) is 5.70. The second kappa shape index (κ2) is 14.4. The first-order valence-electron chi connectivity index (χ1n) is 14.2. The molecule has 2 N–H and O–H groups in total. The lowest BCUT2D eigenvalue weighted by Crippen LogP contribution is -2.40. The number of benzene rings is 3. The van der Waals surface area contributed by atoms with Gasteiger partial charge in [0.15, 0.2) is 0 Å². The number of hydrogen-bond acceptors (Lipinski definition) is 6. The number of aromatic carboxylic acids is 1. The van der Waals surface area contributed by atoms with E-state index in [1.165, 1.54) is 18.2 Å². The molecular formula is C33H37NO8. The number of carboxylic acid groups (broad SMARTS) is 2. The van der Waals surface area contributed by atoms with Gasteiger partial charge in [-0.25, -0.2) is 4.79 Å². The molecular weight excluding hydrogens is 538 g/mol. The number of ether oxygens (including phenoxy) is 3. The fourth-order valence-electron chi connectivity index (χ4n) is 4.77. The number of aryl methyl sites for hydroxylation is 1. The summed E-state index contributed by atoms with van der Waals surface area (Å²) in [6, 6.07) is 20.0. The summed E-state index contributed by atoms with van der Waals surface area (Å²) in [6.07, 6.45) is 2.28. The SMILES string of the molecule is CC(C)Oc1ccc(COc2ccc(CCCOc3ccc(C(=O)O)cc3C(=O)N3CCC(C(=O)O)CC3)cc2)cc1. The fraction of sp³-hybridized carbons (Fsp3) is 0.364. The molecule has 1 aliphatic rings. The van der Waals surface area contributed by atoms with Crippen molar-refractivity contribution in [2.75, 3.05) is 19.7 Å². The third-order valence-corrected chi connectivity index (χ3v) is 7.08. The maximum atomic E-state index is 13.2. The average Bonchev–Trinajstić information content (AvgIpc) is 2.99. The molecule has 0 spiro atoms. The van der Waals surface area contributed by atoms with Gasteiger partial charge in [0.05, 0.1) is 29.8 Å². The van der Waals surface area contributed by atoms with Crippen LogP contribution < -0.4 is 14.2 Å². The van der Waals surface area contributed by atoms with E-state index in [2.05, 4.69) is 0 Å². The number of likely N-dealkylation sites (tertiary alicyclic amines) is 1. The maximum Gasteiger partial charge on any atom is 0.335 e. The Kier molecular flexibility index (Phi) is 10.4. The minimum absolute atomic E-state index is 0.00871. The molecule has 0 saturated carbocycles. The Bertz CT molecular complexity index is 1360. The summed E-state index contributed by atoms with van der Waals surface area (Å²) in [7, 11) is 0. The molecule has 1 saturated heterocycles. The monoisotopic (exact) mass is 575 g/mol. The van der Waals surface area contributed by atoms with E-state index in [9.17, 15) is 24.6 Å². The van der Waals surface area contributed by atoms with E-state index in [0.717, 1.165) is 29.0 Å². The van der Waals surface area contributed by atoms with Gasteiger partial charge < -0.3 is 29.3 Å². The van der Waals surface area contributed by atoms with Crippen molar-refractivity contribution in [1.29, 1.82) is 0 Å². The van der Waals surface area contributed by atoms with Crippen molar-refractivity contribution in [2.24, 2.45) is 5.92 Å². The Morgan fingerprint density at radius 3 is 2.12 bits per heavy atom. The van der Waals surface area contributed by atoms with Gasteiger partial charge in [0.2, 0.25) is 0 Å². The van der Waals surface area contributed by atoms with Crippen LogP contribution in [-0.4, -0.2) is 58.8 Å². The lowest BCUT2D eigenvalue weighted by molar-refractivity contribution is -0.143. The third kappa shape index (κ3) is 8.49. The highest BCUT2D eigenvalue weighted by Gasteiger charge is 2.29. The number of nitrogens with zero attached hydrogens (tertiary/aromatic N) is 1. The normalized spacial score (nSPS) is 13.5. The molecule has 0 unspecified atom stereocenters. The van der Waals surface area contributed by atoms with Crippen LogP contribution in [-0.2, 0) is 17.8 Å². The summed E-state index contributed by atoms with van der Waals surface area (Å²) < 4.78 is 17.5. The van der Waals surface area contributed by atoms with E-state index in [1.807, 2.05) is 62.4 Å². The Hall–Kier alpha value is -4.53. The fourth-order valence-corrected chi connectivity index (χ4v) is 4.77. The highest BCUT2D eigenvalue weighted by atomic mass is 16.5. The number of rotatable bonds is 13. The highest BCUT2D eigenvalue weighted by Crippen LogP contribution is 2.26. The van der Waals surface area contributed by atoms with Gasteiger partial charge in [-0.1, -0.05) is 24.3 Å². The van der Waals surface area contributed by atoms with E-state index in [4.69, 9.17) is 14.2 Å². The summed E-state index contributed by atoms with van der Waals surface area (Å²) >= 11 is 0. The quantitative estimate of drug-likeness (QED) is 0.249. The first-order valence-corrected chi connectivity index (χ1v) is 14.2. The van der Waals surface area contributed by atoms with Crippen molar-refractivity contribution in [3.05, 3.63) is 89.0 Å². The predicted molar refractivity (Wildman–Crippen MR) is 156 cm³/mol. The van der Waals surface area contributed by atoms with E-state index in [0.29, 0.717) is 51.3 Å². The average molecular weight is 576 g/mol. The first kappa shape index (κ1) is 30.4. The van der Waals surface area contributed by atoms with Crippen molar-refractivity contribution in [2.45, 2.75) is 52.2 Å². The molecule has 0 bridgehead atoms. The van der Waals surface area contributed by atoms with E-state index in [-0.39, 0.29) is 23.1 Å². The minimum atomic E-state index is -1.14. The molecule has 9 heteroatoms. The molecule has 0 aliphatic carbocycles. The Morgan fingerprint density at radius 2 is 1.50 bits per heavy atom. The molecule has 4 rings (SSSR count). The Balaban J connectivity index is 1.27. The molecule has 1 fully saturated rings. The van der Waals surface area contributed by atoms with Gasteiger partial charge in [0, 0.05) is 13.1 Å². The standard InChI is InChI=1S/C33H37NO8/c1-22(2)42-28-12-7-24(8-13-28)21-41-27-10-5-23(6-11-27)4-3-19-40-30-14-9-26(33(38)39)20-29(30)31(35)34-17-15-25(16-18-34)32(36)37/h5-14,20,22,25H,3-4,15-19,21H2,1-2H3,(H,36,37)(H,38,39). The molecule has 0 atom stereocenters. The van der Waals surface area contributed by atoms with Gasteiger partial charge in [0.1, 0.15) is 23.9 Å². The number of carbonyl (C=O) groups excluding carboxylic acids is 1. The topological polar surface area (TPSA) is 123 Å². The van der Waals surface area contributed by atoms with E-state index in [1.54, 1.807) is 4.90 Å². The molecule has 222 valence electrons. The number of carbonyl (C=O) groups is 3. The van der Waals surface area contributed by atoms with Crippen molar-refractivity contribution in [3.8, 4) is 17.2 Å². The van der Waals surface area contributed by atoms with Crippen LogP contribution in [0.3, 0.4) is 0 Å². The first-order chi connectivity index (χ1) is 20.2. The molecule has 1 amide bonds. The zero-order valence-corrected chi connectivity index (χ0v) is 24.0. The van der Waals surface area contributed by atoms with E-state index < -0.39 is 17.9 Å². The van der Waals surface area contributed by atoms with Crippen molar-refractivity contribution >= 4 is 17.8 Å². The number of piperidine rings is 1. The molecule has 0 aromatic heterocycles. The van der Waals surface area contributed by atoms with Gasteiger partial charge in [-0.3, -0.25) is 9.59 Å². The molecule has 42 heavy (non-hydrogen) atoms. The van der Waals surface area contributed by atoms with Crippen LogP contribution in [0.5, 0.6) is 17.2 Å². The minimum Gasteiger partial charge on any atom is -0.493 e. The van der Waals surface area contributed by atoms with Crippen LogP contribution in [0.4, 0.5) is 0 Å². The molecule has 1 aliphatic heterocycles. The van der Waals surface area contributed by atoms with Crippen LogP contribution in [0.1, 0.15) is 65.0 Å². The molecule has 0 radical (unpaired) electrons. The zero-order chi connectivity index (χ0) is 30.1. The zero-order valence-electron chi connectivity index (χ0n) is 24.0. The Labute approximate surface area is 245 Å². The summed E-state index contributed by atoms with van der Waals surface area (Å²) in [5.41, 5.74) is 2.32. The number of aliphatic carboxylic acids is 1. The van der Waals surface area contributed by atoms with Gasteiger partial charge >= 0.3 is 11.9 Å². The van der Waals surface area contributed by atoms with E-state index >= 15 is 0 Å². The van der Waals surface area contributed by atoms with Crippen molar-refractivity contribution in [1.82, 2.24) is 4.90 Å². The molecule has 9 nitrogen and oxygen atoms in total. The molecule has 3 aromatic rings. The number of amides is 1. The number of hydrogen-bond donors (Lipinski definition) is 2. The summed E-state index contributed by atoms with van der Waals surface area (Å²) in [5, 5.41) is 18.7.